The molecule has 0 fully saturated rings. The summed E-state index contributed by atoms with van der Waals surface area (Å²) in [5.74, 6) is 0.707. The van der Waals surface area contributed by atoms with E-state index in [2.05, 4.69) is 27.4 Å². The predicted octanol–water partition coefficient (Wildman–Crippen LogP) is 5.09. The number of aromatic amines is 1. The maximum atomic E-state index is 6.62. The Balaban J connectivity index is 2.06. The van der Waals surface area contributed by atoms with Crippen LogP contribution in [0.25, 0.3) is 21.5 Å². The van der Waals surface area contributed by atoms with Gasteiger partial charge in [-0.25, -0.2) is 0 Å². The van der Waals surface area contributed by atoms with Crippen LogP contribution in [-0.2, 0) is 0 Å². The van der Waals surface area contributed by atoms with Crippen molar-refractivity contribution in [2.45, 2.75) is 6.92 Å². The molecule has 0 aliphatic heterocycles. The summed E-state index contributed by atoms with van der Waals surface area (Å²) in [4.78, 5) is 0. The van der Waals surface area contributed by atoms with Crippen LogP contribution in [0.2, 0.25) is 5.02 Å². The van der Waals surface area contributed by atoms with Gasteiger partial charge in [0, 0.05) is 16.3 Å². The molecule has 0 atom stereocenters. The van der Waals surface area contributed by atoms with E-state index < -0.39 is 0 Å². The summed E-state index contributed by atoms with van der Waals surface area (Å²) >= 11 is 11.8. The fourth-order valence-electron chi connectivity index (χ4n) is 2.87. The summed E-state index contributed by atoms with van der Waals surface area (Å²) < 4.78 is 2.07. The monoisotopic (exact) mass is 352 g/mol. The molecule has 0 saturated carbocycles. The molecule has 1 aromatic heterocycles. The Morgan fingerprint density at radius 1 is 1.04 bits per heavy atom. The minimum absolute atomic E-state index is 0.464. The Morgan fingerprint density at radius 3 is 2.08 bits per heavy atom. The number of aromatic nitrogens is 3. The number of nitrogens with zero attached hydrogens (tertiary/aromatic N) is 3. The van der Waals surface area contributed by atoms with Crippen LogP contribution < -0.4 is 0 Å². The first-order valence-corrected chi connectivity index (χ1v) is 8.23. The van der Waals surface area contributed by atoms with Crippen LogP contribution in [0.1, 0.15) is 11.4 Å². The predicted molar refractivity (Wildman–Crippen MR) is 102 cm³/mol. The SMILES string of the molecule is Cc1n[nH]c(=S)n1/N=C/c1c2ccccc2c(Cl)c2ccccc12. The van der Waals surface area contributed by atoms with Crippen molar-refractivity contribution in [1.29, 1.82) is 0 Å². The molecule has 0 radical (unpaired) electrons. The molecule has 4 rings (SSSR count). The third-order valence-electron chi connectivity index (χ3n) is 4.02. The van der Waals surface area contributed by atoms with E-state index in [9.17, 15) is 0 Å². The molecule has 4 aromatic rings. The molecule has 0 unspecified atom stereocenters. The van der Waals surface area contributed by atoms with E-state index in [1.807, 2.05) is 49.5 Å². The van der Waals surface area contributed by atoms with Gasteiger partial charge in [-0.2, -0.15) is 14.9 Å². The number of hydrogen-bond acceptors (Lipinski definition) is 3. The summed E-state index contributed by atoms with van der Waals surface area (Å²) in [6.07, 6.45) is 1.82. The summed E-state index contributed by atoms with van der Waals surface area (Å²) in [5.41, 5.74) is 1.01. The Kier molecular flexibility index (Phi) is 3.67. The molecule has 0 bridgehead atoms. The largest absolute Gasteiger partial charge is 0.250 e. The molecule has 6 heteroatoms. The van der Waals surface area contributed by atoms with Crippen molar-refractivity contribution in [3.8, 4) is 0 Å². The topological polar surface area (TPSA) is 46.0 Å². The second kappa shape index (κ2) is 5.85. The smallest absolute Gasteiger partial charge is 0.216 e. The summed E-state index contributed by atoms with van der Waals surface area (Å²) in [6.45, 7) is 1.85. The van der Waals surface area contributed by atoms with E-state index in [1.165, 1.54) is 0 Å². The Hall–Kier alpha value is -2.50. The van der Waals surface area contributed by atoms with E-state index >= 15 is 0 Å². The Morgan fingerprint density at radius 2 is 1.58 bits per heavy atom. The van der Waals surface area contributed by atoms with Gasteiger partial charge < -0.3 is 0 Å². The van der Waals surface area contributed by atoms with Crippen molar-refractivity contribution in [2.24, 2.45) is 5.10 Å². The molecule has 1 heterocycles. The van der Waals surface area contributed by atoms with Gasteiger partial charge in [-0.3, -0.25) is 5.10 Å². The van der Waals surface area contributed by atoms with Crippen LogP contribution in [0.3, 0.4) is 0 Å². The average molecular weight is 353 g/mol. The van der Waals surface area contributed by atoms with Crippen LogP contribution in [0.5, 0.6) is 0 Å². The van der Waals surface area contributed by atoms with E-state index in [0.717, 1.165) is 32.1 Å². The highest BCUT2D eigenvalue weighted by molar-refractivity contribution is 7.71. The maximum absolute atomic E-state index is 6.62. The third-order valence-corrected chi connectivity index (χ3v) is 4.69. The molecule has 4 nitrogen and oxygen atoms in total. The molecule has 0 aliphatic rings. The molecule has 0 aliphatic carbocycles. The van der Waals surface area contributed by atoms with Crippen molar-refractivity contribution in [3.63, 3.8) is 0 Å². The number of hydrogen-bond donors (Lipinski definition) is 1. The highest BCUT2D eigenvalue weighted by atomic mass is 35.5. The number of fused-ring (bicyclic) bond motifs is 2. The molecule has 0 amide bonds. The van der Waals surface area contributed by atoms with Crippen LogP contribution >= 0.6 is 23.8 Å². The first-order valence-electron chi connectivity index (χ1n) is 7.44. The van der Waals surface area contributed by atoms with Crippen LogP contribution in [0, 0.1) is 11.7 Å². The molecule has 3 aromatic carbocycles. The van der Waals surface area contributed by atoms with Crippen molar-refractivity contribution < 1.29 is 0 Å². The van der Waals surface area contributed by atoms with Crippen LogP contribution in [0.4, 0.5) is 0 Å². The Bertz CT molecular complexity index is 1100. The lowest BCUT2D eigenvalue weighted by Gasteiger charge is -2.10. The molecule has 1 N–H and O–H groups in total. The highest BCUT2D eigenvalue weighted by Gasteiger charge is 2.11. The lowest BCUT2D eigenvalue weighted by Crippen LogP contribution is -1.96. The summed E-state index contributed by atoms with van der Waals surface area (Å²) in [5, 5.41) is 16.2. The minimum Gasteiger partial charge on any atom is -0.250 e. The normalized spacial score (nSPS) is 11.8. The molecule has 0 saturated heterocycles. The highest BCUT2D eigenvalue weighted by Crippen LogP contribution is 2.35. The summed E-state index contributed by atoms with van der Waals surface area (Å²) in [6, 6.07) is 16.1. The lowest BCUT2D eigenvalue weighted by molar-refractivity contribution is 0.821. The number of benzene rings is 3. The fraction of sp³-hybridized carbons (Fsp3) is 0.0556. The standard InChI is InChI=1S/C18H13ClN4S/c1-11-21-22-18(24)23(11)20-10-16-12-6-2-4-8-14(12)17(19)15-9-5-3-7-13(15)16/h2-10H,1H3,(H,22,24)/b20-10+. The lowest BCUT2D eigenvalue weighted by atomic mass is 9.97. The first kappa shape index (κ1) is 15.1. The van der Waals surface area contributed by atoms with Gasteiger partial charge in [0.1, 0.15) is 5.82 Å². The van der Waals surface area contributed by atoms with E-state index in [0.29, 0.717) is 10.6 Å². The second-order valence-corrected chi connectivity index (χ2v) is 6.22. The zero-order valence-electron chi connectivity index (χ0n) is 12.8. The van der Waals surface area contributed by atoms with Gasteiger partial charge in [-0.15, -0.1) is 0 Å². The van der Waals surface area contributed by atoms with Gasteiger partial charge in [0.25, 0.3) is 0 Å². The van der Waals surface area contributed by atoms with Crippen LogP contribution in [-0.4, -0.2) is 21.1 Å². The van der Waals surface area contributed by atoms with E-state index in [-0.39, 0.29) is 0 Å². The fourth-order valence-corrected chi connectivity index (χ4v) is 3.42. The quantitative estimate of drug-likeness (QED) is 0.310. The second-order valence-electron chi connectivity index (χ2n) is 5.45. The van der Waals surface area contributed by atoms with Gasteiger partial charge in [0.15, 0.2) is 0 Å². The van der Waals surface area contributed by atoms with Gasteiger partial charge in [0.05, 0.1) is 11.2 Å². The van der Waals surface area contributed by atoms with E-state index in [1.54, 1.807) is 4.68 Å². The molecule has 0 spiro atoms. The number of nitrogens with one attached hydrogen (secondary N) is 1. The zero-order valence-corrected chi connectivity index (χ0v) is 14.4. The van der Waals surface area contributed by atoms with Gasteiger partial charge in [-0.05, 0) is 29.9 Å². The number of H-pyrrole nitrogens is 1. The number of rotatable bonds is 2. The molecular formula is C18H13ClN4S. The molecular weight excluding hydrogens is 340 g/mol. The average Bonchev–Trinajstić information content (AvgIpc) is 2.93. The van der Waals surface area contributed by atoms with Gasteiger partial charge >= 0.3 is 0 Å². The van der Waals surface area contributed by atoms with Crippen molar-refractivity contribution in [3.05, 3.63) is 69.7 Å². The minimum atomic E-state index is 0.464. The van der Waals surface area contributed by atoms with Crippen molar-refractivity contribution >= 4 is 51.6 Å². The Labute approximate surface area is 148 Å². The molecule has 118 valence electrons. The first-order chi connectivity index (χ1) is 11.7. The van der Waals surface area contributed by atoms with Gasteiger partial charge in [0.2, 0.25) is 4.77 Å². The summed E-state index contributed by atoms with van der Waals surface area (Å²) in [7, 11) is 0. The van der Waals surface area contributed by atoms with E-state index in [4.69, 9.17) is 23.8 Å². The molecule has 24 heavy (non-hydrogen) atoms. The number of aryl methyl sites for hydroxylation is 1. The van der Waals surface area contributed by atoms with Crippen molar-refractivity contribution in [1.82, 2.24) is 14.9 Å². The maximum Gasteiger partial charge on any atom is 0.216 e. The third kappa shape index (κ3) is 2.33. The van der Waals surface area contributed by atoms with Crippen molar-refractivity contribution in [2.75, 3.05) is 0 Å². The van der Waals surface area contributed by atoms with Gasteiger partial charge in [-0.1, -0.05) is 60.1 Å². The zero-order chi connectivity index (χ0) is 16.7. The van der Waals surface area contributed by atoms with Crippen LogP contribution in [0.15, 0.2) is 53.6 Å². The number of halogens is 1.